The van der Waals surface area contributed by atoms with Crippen molar-refractivity contribution in [2.75, 3.05) is 7.05 Å². The van der Waals surface area contributed by atoms with E-state index in [4.69, 9.17) is 5.11 Å². The first-order valence-corrected chi connectivity index (χ1v) is 4.16. The highest BCUT2D eigenvalue weighted by Gasteiger charge is 2.18. The van der Waals surface area contributed by atoms with Gasteiger partial charge in [-0.05, 0) is 19.2 Å². The highest BCUT2D eigenvalue weighted by atomic mass is 16.4. The Morgan fingerprint density at radius 3 is 2.79 bits per heavy atom. The van der Waals surface area contributed by atoms with Crippen LogP contribution in [0, 0.1) is 0 Å². The van der Waals surface area contributed by atoms with Crippen LogP contribution in [0.3, 0.4) is 0 Å². The molecule has 0 aromatic carbocycles. The monoisotopic (exact) mass is 199 g/mol. The number of rotatable bonds is 4. The molecule has 1 atom stereocenters. The van der Waals surface area contributed by atoms with Crippen molar-refractivity contribution in [3.05, 3.63) is 5.82 Å². The van der Waals surface area contributed by atoms with Crippen LogP contribution in [0.25, 0.3) is 0 Å². The van der Waals surface area contributed by atoms with Crippen molar-refractivity contribution in [1.29, 1.82) is 0 Å². The average Bonchev–Trinajstić information content (AvgIpc) is 2.49. The number of hydrogen-bond donors (Lipinski definition) is 1. The molecule has 1 aromatic rings. The van der Waals surface area contributed by atoms with Gasteiger partial charge in [-0.1, -0.05) is 0 Å². The number of tetrazole rings is 1. The lowest BCUT2D eigenvalue weighted by Gasteiger charge is -2.18. The highest BCUT2D eigenvalue weighted by molar-refractivity contribution is 5.72. The van der Waals surface area contributed by atoms with Crippen LogP contribution in [0.15, 0.2) is 0 Å². The Morgan fingerprint density at radius 1 is 1.71 bits per heavy atom. The largest absolute Gasteiger partial charge is 0.480 e. The van der Waals surface area contributed by atoms with Gasteiger partial charge in [0, 0.05) is 0 Å². The van der Waals surface area contributed by atoms with Crippen molar-refractivity contribution in [1.82, 2.24) is 25.1 Å². The molecule has 0 saturated carbocycles. The highest BCUT2D eigenvalue weighted by Crippen LogP contribution is 2.00. The summed E-state index contributed by atoms with van der Waals surface area (Å²) in [6.45, 7) is 1.99. The Morgan fingerprint density at radius 2 is 2.36 bits per heavy atom. The molecule has 1 unspecified atom stereocenters. The summed E-state index contributed by atoms with van der Waals surface area (Å²) >= 11 is 0. The van der Waals surface area contributed by atoms with Crippen LogP contribution in [0.2, 0.25) is 0 Å². The van der Waals surface area contributed by atoms with Crippen LogP contribution in [0.4, 0.5) is 0 Å². The van der Waals surface area contributed by atoms with Crippen LogP contribution in [0.5, 0.6) is 0 Å². The van der Waals surface area contributed by atoms with Gasteiger partial charge in [0.2, 0.25) is 0 Å². The number of carbonyl (C=O) groups is 1. The number of aromatic nitrogens is 4. The maximum Gasteiger partial charge on any atom is 0.320 e. The van der Waals surface area contributed by atoms with Gasteiger partial charge < -0.3 is 5.11 Å². The van der Waals surface area contributed by atoms with Crippen molar-refractivity contribution < 1.29 is 9.90 Å². The molecule has 0 fully saturated rings. The lowest BCUT2D eigenvalue weighted by Crippen LogP contribution is -2.35. The molecule has 0 bridgehead atoms. The second-order valence-electron chi connectivity index (χ2n) is 3.12. The van der Waals surface area contributed by atoms with Gasteiger partial charge in [0.1, 0.15) is 6.04 Å². The molecule has 1 heterocycles. The molecule has 7 heteroatoms. The molecule has 7 nitrogen and oxygen atoms in total. The van der Waals surface area contributed by atoms with Gasteiger partial charge in [0.15, 0.2) is 5.82 Å². The van der Waals surface area contributed by atoms with E-state index in [9.17, 15) is 4.79 Å². The van der Waals surface area contributed by atoms with Gasteiger partial charge >= 0.3 is 5.97 Å². The number of nitrogens with zero attached hydrogens (tertiary/aromatic N) is 5. The first-order chi connectivity index (χ1) is 6.50. The second-order valence-corrected chi connectivity index (χ2v) is 3.12. The van der Waals surface area contributed by atoms with Gasteiger partial charge in [-0.25, -0.2) is 0 Å². The molecule has 0 spiro atoms. The molecule has 14 heavy (non-hydrogen) atoms. The number of aryl methyl sites for hydroxylation is 1. The number of carboxylic acids is 1. The predicted molar refractivity (Wildman–Crippen MR) is 47.4 cm³/mol. The smallest absolute Gasteiger partial charge is 0.320 e. The zero-order valence-corrected chi connectivity index (χ0v) is 8.38. The molecule has 0 aliphatic rings. The van der Waals surface area contributed by atoms with Gasteiger partial charge in [0.25, 0.3) is 0 Å². The summed E-state index contributed by atoms with van der Waals surface area (Å²) < 4.78 is 0. The SMILES string of the molecule is CC(C(=O)O)N(C)Cc1nnn(C)n1. The minimum Gasteiger partial charge on any atom is -0.480 e. The summed E-state index contributed by atoms with van der Waals surface area (Å²) in [6, 6.07) is -0.557. The fourth-order valence-corrected chi connectivity index (χ4v) is 0.935. The number of carboxylic acid groups (broad SMARTS) is 1. The van der Waals surface area contributed by atoms with Gasteiger partial charge in [0.05, 0.1) is 13.6 Å². The minimum absolute atomic E-state index is 0.376. The van der Waals surface area contributed by atoms with Gasteiger partial charge in [-0.15, -0.1) is 10.2 Å². The van der Waals surface area contributed by atoms with E-state index in [1.807, 2.05) is 0 Å². The number of hydrogen-bond acceptors (Lipinski definition) is 5. The average molecular weight is 199 g/mol. The fraction of sp³-hybridized carbons (Fsp3) is 0.714. The van der Waals surface area contributed by atoms with E-state index in [0.29, 0.717) is 12.4 Å². The third-order valence-electron chi connectivity index (χ3n) is 1.96. The topological polar surface area (TPSA) is 84.1 Å². The van der Waals surface area contributed by atoms with E-state index in [1.54, 1.807) is 25.9 Å². The Balaban J connectivity index is 2.56. The molecule has 0 aliphatic carbocycles. The van der Waals surface area contributed by atoms with Crippen LogP contribution in [0.1, 0.15) is 12.7 Å². The Kier molecular flexibility index (Phi) is 3.13. The van der Waals surface area contributed by atoms with Crippen molar-refractivity contribution in [2.24, 2.45) is 7.05 Å². The summed E-state index contributed by atoms with van der Waals surface area (Å²) in [6.07, 6.45) is 0. The number of likely N-dealkylation sites (N-methyl/N-ethyl adjacent to an activating group) is 1. The van der Waals surface area contributed by atoms with Crippen molar-refractivity contribution in [3.8, 4) is 0 Å². The molecule has 0 saturated heterocycles. The fourth-order valence-electron chi connectivity index (χ4n) is 0.935. The third-order valence-corrected chi connectivity index (χ3v) is 1.96. The molecule has 0 radical (unpaired) electrons. The number of aliphatic carboxylic acids is 1. The lowest BCUT2D eigenvalue weighted by atomic mass is 10.3. The molecule has 78 valence electrons. The van der Waals surface area contributed by atoms with Crippen molar-refractivity contribution >= 4 is 5.97 Å². The normalized spacial score (nSPS) is 13.1. The van der Waals surface area contributed by atoms with Gasteiger partial charge in [-0.3, -0.25) is 9.69 Å². The van der Waals surface area contributed by atoms with E-state index >= 15 is 0 Å². The summed E-state index contributed by atoms with van der Waals surface area (Å²) in [5.74, 6) is -0.348. The van der Waals surface area contributed by atoms with E-state index < -0.39 is 12.0 Å². The van der Waals surface area contributed by atoms with Gasteiger partial charge in [-0.2, -0.15) is 4.80 Å². The maximum atomic E-state index is 10.6. The Hall–Kier alpha value is -1.50. The van der Waals surface area contributed by atoms with Crippen LogP contribution in [-0.4, -0.2) is 49.3 Å². The summed E-state index contributed by atoms with van der Waals surface area (Å²) in [5, 5.41) is 20.1. The van der Waals surface area contributed by atoms with E-state index in [0.717, 1.165) is 0 Å². The summed E-state index contributed by atoms with van der Waals surface area (Å²) in [7, 11) is 3.37. The molecular weight excluding hydrogens is 186 g/mol. The molecule has 0 aliphatic heterocycles. The first-order valence-electron chi connectivity index (χ1n) is 4.16. The zero-order chi connectivity index (χ0) is 10.7. The van der Waals surface area contributed by atoms with Crippen LogP contribution in [-0.2, 0) is 18.4 Å². The van der Waals surface area contributed by atoms with E-state index in [-0.39, 0.29) is 0 Å². The lowest BCUT2D eigenvalue weighted by molar-refractivity contribution is -0.142. The summed E-state index contributed by atoms with van der Waals surface area (Å²) in [5.41, 5.74) is 0. The molecule has 1 N–H and O–H groups in total. The molecule has 1 rings (SSSR count). The predicted octanol–water partition coefficient (Wildman–Crippen LogP) is -0.885. The first kappa shape index (κ1) is 10.6. The van der Waals surface area contributed by atoms with Crippen LogP contribution >= 0.6 is 0 Å². The second kappa shape index (κ2) is 4.14. The van der Waals surface area contributed by atoms with Crippen LogP contribution < -0.4 is 0 Å². The molecule has 1 aromatic heterocycles. The van der Waals surface area contributed by atoms with E-state index in [2.05, 4.69) is 15.4 Å². The molecular formula is C7H13N5O2. The third kappa shape index (κ3) is 2.49. The van der Waals surface area contributed by atoms with E-state index in [1.165, 1.54) is 4.80 Å². The quantitative estimate of drug-likeness (QED) is 0.677. The molecule has 0 amide bonds. The summed E-state index contributed by atoms with van der Waals surface area (Å²) in [4.78, 5) is 13.6. The standard InChI is InChI=1S/C7H13N5O2/c1-5(7(13)14)11(2)4-6-8-10-12(3)9-6/h5H,4H2,1-3H3,(H,13,14). The Labute approximate surface area is 81.3 Å². The zero-order valence-electron chi connectivity index (χ0n) is 8.38. The maximum absolute atomic E-state index is 10.6. The minimum atomic E-state index is -0.864. The van der Waals surface area contributed by atoms with Crippen molar-refractivity contribution in [2.45, 2.75) is 19.5 Å². The Bertz CT molecular complexity index is 324. The van der Waals surface area contributed by atoms with Crippen molar-refractivity contribution in [3.63, 3.8) is 0 Å².